The molecule has 0 unspecified atom stereocenters. The van der Waals surface area contributed by atoms with E-state index in [-0.39, 0.29) is 23.7 Å². The lowest BCUT2D eigenvalue weighted by molar-refractivity contribution is -0.114. The molecule has 7 nitrogen and oxygen atoms in total. The molecular weight excluding hydrogens is 332 g/mol. The Morgan fingerprint density at radius 2 is 2.00 bits per heavy atom. The molecule has 1 aromatic carbocycles. The number of carbonyl (C=O) groups excluding carboxylic acids is 2. The fourth-order valence-corrected chi connectivity index (χ4v) is 3.02. The van der Waals surface area contributed by atoms with Crippen molar-refractivity contribution in [3.05, 3.63) is 30.0 Å². The van der Waals surface area contributed by atoms with Crippen LogP contribution in [0.3, 0.4) is 0 Å². The Morgan fingerprint density at radius 3 is 2.54 bits per heavy atom. The molecule has 0 radical (unpaired) electrons. The number of nitrogens with zero attached hydrogens (tertiary/aromatic N) is 2. The van der Waals surface area contributed by atoms with Crippen LogP contribution in [0.1, 0.15) is 51.6 Å². The van der Waals surface area contributed by atoms with E-state index in [9.17, 15) is 14.7 Å². The molecule has 2 amide bonds. The van der Waals surface area contributed by atoms with Crippen molar-refractivity contribution >= 4 is 17.6 Å². The zero-order valence-electron chi connectivity index (χ0n) is 15.2. The van der Waals surface area contributed by atoms with Crippen molar-refractivity contribution in [2.24, 2.45) is 0 Å². The Bertz CT molecular complexity index is 837. The first-order valence-electron chi connectivity index (χ1n) is 8.87. The SMILES string of the molecule is CC(=O)Nc1ccc(-c2cc(C3CCC3)n(C(=O)NC(C)C)n2)c(O)c1. The number of hydrogen-bond donors (Lipinski definition) is 3. The summed E-state index contributed by atoms with van der Waals surface area (Å²) in [5.41, 5.74) is 2.44. The van der Waals surface area contributed by atoms with Crippen LogP contribution in [-0.4, -0.2) is 32.9 Å². The number of anilines is 1. The Kier molecular flexibility index (Phi) is 4.97. The van der Waals surface area contributed by atoms with Gasteiger partial charge in [0.15, 0.2) is 0 Å². The van der Waals surface area contributed by atoms with Gasteiger partial charge in [-0.25, -0.2) is 4.79 Å². The largest absolute Gasteiger partial charge is 0.507 e. The fourth-order valence-electron chi connectivity index (χ4n) is 3.02. The summed E-state index contributed by atoms with van der Waals surface area (Å²) in [5, 5.41) is 20.3. The molecule has 0 atom stereocenters. The quantitative estimate of drug-likeness (QED) is 0.782. The maximum Gasteiger partial charge on any atom is 0.342 e. The minimum atomic E-state index is -0.262. The summed E-state index contributed by atoms with van der Waals surface area (Å²) in [6, 6.07) is 6.49. The molecule has 3 rings (SSSR count). The molecule has 26 heavy (non-hydrogen) atoms. The third kappa shape index (κ3) is 3.71. The third-order valence-corrected chi connectivity index (χ3v) is 4.46. The van der Waals surface area contributed by atoms with Crippen LogP contribution in [-0.2, 0) is 4.79 Å². The fraction of sp³-hybridized carbons (Fsp3) is 0.421. The second-order valence-electron chi connectivity index (χ2n) is 7.01. The summed E-state index contributed by atoms with van der Waals surface area (Å²) < 4.78 is 1.42. The van der Waals surface area contributed by atoms with Crippen molar-refractivity contribution in [3.63, 3.8) is 0 Å². The molecule has 1 aliphatic carbocycles. The molecule has 138 valence electrons. The number of aromatic nitrogens is 2. The average Bonchev–Trinajstić information content (AvgIpc) is 2.88. The van der Waals surface area contributed by atoms with Gasteiger partial charge in [0.2, 0.25) is 5.91 Å². The van der Waals surface area contributed by atoms with E-state index in [1.807, 2.05) is 19.9 Å². The summed E-state index contributed by atoms with van der Waals surface area (Å²) in [4.78, 5) is 23.7. The van der Waals surface area contributed by atoms with E-state index in [1.165, 1.54) is 17.7 Å². The second kappa shape index (κ2) is 7.19. The van der Waals surface area contributed by atoms with E-state index >= 15 is 0 Å². The zero-order valence-corrected chi connectivity index (χ0v) is 15.2. The van der Waals surface area contributed by atoms with Crippen LogP contribution in [0.25, 0.3) is 11.3 Å². The van der Waals surface area contributed by atoms with Crippen LogP contribution < -0.4 is 10.6 Å². The van der Waals surface area contributed by atoms with Gasteiger partial charge in [0, 0.05) is 36.2 Å². The highest BCUT2D eigenvalue weighted by molar-refractivity contribution is 5.89. The molecule has 1 fully saturated rings. The maximum absolute atomic E-state index is 12.5. The number of rotatable bonds is 4. The topological polar surface area (TPSA) is 96.3 Å². The molecule has 1 aliphatic rings. The first kappa shape index (κ1) is 18.0. The molecule has 1 heterocycles. The van der Waals surface area contributed by atoms with E-state index in [2.05, 4.69) is 15.7 Å². The Hall–Kier alpha value is -2.83. The van der Waals surface area contributed by atoms with Gasteiger partial charge in [-0.15, -0.1) is 0 Å². The van der Waals surface area contributed by atoms with Crippen molar-refractivity contribution < 1.29 is 14.7 Å². The first-order valence-corrected chi connectivity index (χ1v) is 8.87. The summed E-state index contributed by atoms with van der Waals surface area (Å²) in [5.74, 6) is 0.110. The number of carbonyl (C=O) groups is 2. The van der Waals surface area contributed by atoms with Crippen LogP contribution in [0.2, 0.25) is 0 Å². The summed E-state index contributed by atoms with van der Waals surface area (Å²) in [6.45, 7) is 5.21. The normalized spacial score (nSPS) is 14.2. The minimum Gasteiger partial charge on any atom is -0.507 e. The predicted octanol–water partition coefficient (Wildman–Crippen LogP) is 3.45. The Balaban J connectivity index is 1.96. The molecular formula is C19H24N4O3. The van der Waals surface area contributed by atoms with Crippen molar-refractivity contribution in [3.8, 4) is 17.0 Å². The zero-order chi connectivity index (χ0) is 18.8. The molecule has 1 saturated carbocycles. The average molecular weight is 356 g/mol. The molecule has 0 saturated heterocycles. The molecule has 0 aliphatic heterocycles. The van der Waals surface area contributed by atoms with Gasteiger partial charge >= 0.3 is 6.03 Å². The van der Waals surface area contributed by atoms with E-state index < -0.39 is 0 Å². The van der Waals surface area contributed by atoms with Gasteiger partial charge < -0.3 is 15.7 Å². The molecule has 7 heteroatoms. The third-order valence-electron chi connectivity index (χ3n) is 4.46. The molecule has 0 spiro atoms. The number of amides is 2. The molecule has 0 bridgehead atoms. The first-order chi connectivity index (χ1) is 12.3. The van der Waals surface area contributed by atoms with E-state index in [4.69, 9.17) is 0 Å². The Labute approximate surface area is 152 Å². The van der Waals surface area contributed by atoms with Gasteiger partial charge in [-0.05, 0) is 44.9 Å². The lowest BCUT2D eigenvalue weighted by atomic mass is 9.82. The number of benzene rings is 1. The van der Waals surface area contributed by atoms with Crippen molar-refractivity contribution in [2.75, 3.05) is 5.32 Å². The van der Waals surface area contributed by atoms with Crippen LogP contribution in [0, 0.1) is 0 Å². The van der Waals surface area contributed by atoms with E-state index in [1.54, 1.807) is 12.1 Å². The minimum absolute atomic E-state index is 0.00493. The van der Waals surface area contributed by atoms with Gasteiger partial charge in [0.1, 0.15) is 5.75 Å². The summed E-state index contributed by atoms with van der Waals surface area (Å²) in [7, 11) is 0. The van der Waals surface area contributed by atoms with Crippen LogP contribution in [0.4, 0.5) is 10.5 Å². The monoisotopic (exact) mass is 356 g/mol. The van der Waals surface area contributed by atoms with Gasteiger partial charge in [-0.3, -0.25) is 4.79 Å². The van der Waals surface area contributed by atoms with Crippen LogP contribution in [0.15, 0.2) is 24.3 Å². The van der Waals surface area contributed by atoms with Gasteiger partial charge in [-0.2, -0.15) is 9.78 Å². The molecule has 1 aromatic heterocycles. The van der Waals surface area contributed by atoms with Gasteiger partial charge in [0.25, 0.3) is 0 Å². The van der Waals surface area contributed by atoms with E-state index in [0.717, 1.165) is 25.0 Å². The molecule has 2 aromatic rings. The number of hydrogen-bond acceptors (Lipinski definition) is 4. The number of nitrogens with one attached hydrogen (secondary N) is 2. The smallest absolute Gasteiger partial charge is 0.342 e. The van der Waals surface area contributed by atoms with Gasteiger partial charge in [-0.1, -0.05) is 6.42 Å². The van der Waals surface area contributed by atoms with Crippen molar-refractivity contribution in [1.82, 2.24) is 15.1 Å². The highest BCUT2D eigenvalue weighted by Crippen LogP contribution is 2.39. The lowest BCUT2D eigenvalue weighted by Crippen LogP contribution is -2.36. The number of phenols is 1. The van der Waals surface area contributed by atoms with E-state index in [0.29, 0.717) is 22.9 Å². The standard InChI is InChI=1S/C19H24N4O3/c1-11(2)20-19(26)23-17(13-5-4-6-13)10-16(22-23)15-8-7-14(9-18(15)25)21-12(3)24/h7-11,13,25H,4-6H2,1-3H3,(H,20,26)(H,21,24). The molecule has 3 N–H and O–H groups in total. The highest BCUT2D eigenvalue weighted by atomic mass is 16.3. The summed E-state index contributed by atoms with van der Waals surface area (Å²) >= 11 is 0. The number of aromatic hydroxyl groups is 1. The summed E-state index contributed by atoms with van der Waals surface area (Å²) in [6.07, 6.45) is 3.22. The predicted molar refractivity (Wildman–Crippen MR) is 99.3 cm³/mol. The second-order valence-corrected chi connectivity index (χ2v) is 7.01. The number of phenolic OH excluding ortho intramolecular Hbond substituents is 1. The van der Waals surface area contributed by atoms with Gasteiger partial charge in [0.05, 0.1) is 11.4 Å². The lowest BCUT2D eigenvalue weighted by Gasteiger charge is -2.25. The van der Waals surface area contributed by atoms with Crippen molar-refractivity contribution in [1.29, 1.82) is 0 Å². The van der Waals surface area contributed by atoms with Crippen LogP contribution >= 0.6 is 0 Å². The van der Waals surface area contributed by atoms with Crippen molar-refractivity contribution in [2.45, 2.75) is 52.0 Å². The highest BCUT2D eigenvalue weighted by Gasteiger charge is 2.27. The van der Waals surface area contributed by atoms with Crippen LogP contribution in [0.5, 0.6) is 5.75 Å². The Morgan fingerprint density at radius 1 is 1.27 bits per heavy atom. The maximum atomic E-state index is 12.5.